The third kappa shape index (κ3) is 2.67. The molecular formula is C10H11Cl2F2N3. The van der Waals surface area contributed by atoms with E-state index in [0.29, 0.717) is 5.56 Å². The van der Waals surface area contributed by atoms with Crippen molar-refractivity contribution in [3.05, 3.63) is 21.9 Å². The number of halogens is 4. The highest BCUT2D eigenvalue weighted by atomic mass is 35.5. The van der Waals surface area contributed by atoms with Crippen molar-refractivity contribution in [2.24, 2.45) is 5.73 Å². The summed E-state index contributed by atoms with van der Waals surface area (Å²) >= 11 is 11.6. The zero-order valence-corrected chi connectivity index (χ0v) is 10.4. The minimum Gasteiger partial charge on any atom is -0.321 e. The van der Waals surface area contributed by atoms with Gasteiger partial charge in [0, 0.05) is 23.9 Å². The van der Waals surface area contributed by atoms with E-state index in [-0.39, 0.29) is 36.0 Å². The molecular weight excluding hydrogens is 271 g/mol. The Hall–Kier alpha value is -0.520. The molecule has 2 rings (SSSR count). The summed E-state index contributed by atoms with van der Waals surface area (Å²) < 4.78 is 26.2. The zero-order valence-electron chi connectivity index (χ0n) is 8.89. The first-order valence-electron chi connectivity index (χ1n) is 5.18. The largest absolute Gasteiger partial charge is 0.321 e. The van der Waals surface area contributed by atoms with Crippen molar-refractivity contribution < 1.29 is 8.78 Å². The minimum atomic E-state index is -2.64. The predicted octanol–water partition coefficient (Wildman–Crippen LogP) is 3.15. The fourth-order valence-electron chi connectivity index (χ4n) is 2.03. The highest BCUT2D eigenvalue weighted by molar-refractivity contribution is 6.31. The van der Waals surface area contributed by atoms with Crippen LogP contribution in [0.1, 0.15) is 31.2 Å². The molecule has 17 heavy (non-hydrogen) atoms. The second-order valence-corrected chi connectivity index (χ2v) is 5.13. The Morgan fingerprint density at radius 1 is 1.12 bits per heavy atom. The smallest absolute Gasteiger partial charge is 0.248 e. The van der Waals surface area contributed by atoms with E-state index in [9.17, 15) is 8.78 Å². The average Bonchev–Trinajstić information content (AvgIpc) is 2.26. The molecule has 3 nitrogen and oxygen atoms in total. The van der Waals surface area contributed by atoms with Gasteiger partial charge in [0.05, 0.1) is 0 Å². The molecule has 0 aromatic carbocycles. The summed E-state index contributed by atoms with van der Waals surface area (Å²) in [5, 5.41) is 7.51. The highest BCUT2D eigenvalue weighted by Crippen LogP contribution is 2.43. The normalized spacial score (nSPS) is 22.4. The maximum absolute atomic E-state index is 13.1. The van der Waals surface area contributed by atoms with Gasteiger partial charge in [0.25, 0.3) is 0 Å². The van der Waals surface area contributed by atoms with Gasteiger partial charge in [-0.25, -0.2) is 8.78 Å². The van der Waals surface area contributed by atoms with E-state index in [1.54, 1.807) is 0 Å². The van der Waals surface area contributed by atoms with Crippen LogP contribution in [0.2, 0.25) is 10.3 Å². The molecule has 1 saturated carbocycles. The van der Waals surface area contributed by atoms with Crippen molar-refractivity contribution in [2.75, 3.05) is 0 Å². The highest BCUT2D eigenvalue weighted by Gasteiger charge is 2.43. The molecule has 1 aliphatic carbocycles. The molecule has 0 unspecified atom stereocenters. The number of rotatable bonds is 1. The maximum Gasteiger partial charge on any atom is 0.248 e. The summed E-state index contributed by atoms with van der Waals surface area (Å²) in [5.74, 6) is -2.64. The van der Waals surface area contributed by atoms with Crippen LogP contribution in [-0.2, 0) is 5.54 Å². The molecule has 0 spiro atoms. The van der Waals surface area contributed by atoms with Crippen LogP contribution in [0.3, 0.4) is 0 Å². The number of alkyl halides is 2. The quantitative estimate of drug-likeness (QED) is 0.860. The van der Waals surface area contributed by atoms with Crippen LogP contribution in [0.15, 0.2) is 6.07 Å². The Labute approximate surface area is 107 Å². The van der Waals surface area contributed by atoms with Crippen molar-refractivity contribution in [3.8, 4) is 0 Å². The molecule has 0 aliphatic heterocycles. The summed E-state index contributed by atoms with van der Waals surface area (Å²) in [6, 6.07) is 1.50. The Kier molecular flexibility index (Phi) is 3.27. The molecule has 1 heterocycles. The molecule has 1 aromatic heterocycles. The number of hydrogen-bond acceptors (Lipinski definition) is 3. The van der Waals surface area contributed by atoms with Gasteiger partial charge in [-0.15, -0.1) is 10.2 Å². The van der Waals surface area contributed by atoms with Crippen LogP contribution in [0, 0.1) is 0 Å². The van der Waals surface area contributed by atoms with Crippen molar-refractivity contribution in [2.45, 2.75) is 37.1 Å². The second-order valence-electron chi connectivity index (χ2n) is 4.38. The number of aromatic nitrogens is 2. The fourth-order valence-corrected chi connectivity index (χ4v) is 2.46. The van der Waals surface area contributed by atoms with Gasteiger partial charge < -0.3 is 5.73 Å². The monoisotopic (exact) mass is 281 g/mol. The topological polar surface area (TPSA) is 51.8 Å². The standard InChI is InChI=1S/C10H11Cl2F2N3/c11-7-5-6(8(12)17-16-7)9(15)1-3-10(13,14)4-2-9/h5H,1-4,15H2. The molecule has 1 aliphatic rings. The van der Waals surface area contributed by atoms with Gasteiger partial charge in [-0.3, -0.25) is 0 Å². The average molecular weight is 282 g/mol. The van der Waals surface area contributed by atoms with Crippen LogP contribution < -0.4 is 5.73 Å². The van der Waals surface area contributed by atoms with Gasteiger partial charge in [-0.1, -0.05) is 23.2 Å². The molecule has 2 N–H and O–H groups in total. The lowest BCUT2D eigenvalue weighted by atomic mass is 9.77. The number of nitrogens with zero attached hydrogens (tertiary/aromatic N) is 2. The van der Waals surface area contributed by atoms with Gasteiger partial charge in [-0.05, 0) is 18.9 Å². The maximum atomic E-state index is 13.1. The molecule has 7 heteroatoms. The minimum absolute atomic E-state index is 0.127. The summed E-state index contributed by atoms with van der Waals surface area (Å²) in [6.07, 6.45) is -0.191. The molecule has 94 valence electrons. The van der Waals surface area contributed by atoms with Crippen molar-refractivity contribution in [1.82, 2.24) is 10.2 Å². The first kappa shape index (κ1) is 12.9. The van der Waals surface area contributed by atoms with E-state index in [1.165, 1.54) is 6.07 Å². The summed E-state index contributed by atoms with van der Waals surface area (Å²) in [7, 11) is 0. The van der Waals surface area contributed by atoms with Gasteiger partial charge >= 0.3 is 0 Å². The summed E-state index contributed by atoms with van der Waals surface area (Å²) in [5.41, 5.74) is 5.73. The van der Waals surface area contributed by atoms with E-state index >= 15 is 0 Å². The van der Waals surface area contributed by atoms with Gasteiger partial charge in [0.2, 0.25) is 5.92 Å². The van der Waals surface area contributed by atoms with Crippen LogP contribution in [0.25, 0.3) is 0 Å². The van der Waals surface area contributed by atoms with E-state index in [1.807, 2.05) is 0 Å². The molecule has 0 radical (unpaired) electrons. The molecule has 0 atom stereocenters. The summed E-state index contributed by atoms with van der Waals surface area (Å²) in [6.45, 7) is 0. The lowest BCUT2D eigenvalue weighted by Crippen LogP contribution is -2.43. The fraction of sp³-hybridized carbons (Fsp3) is 0.600. The van der Waals surface area contributed by atoms with Crippen LogP contribution in [-0.4, -0.2) is 16.1 Å². The molecule has 0 bridgehead atoms. The number of hydrogen-bond donors (Lipinski definition) is 1. The predicted molar refractivity (Wildman–Crippen MR) is 61.3 cm³/mol. The van der Waals surface area contributed by atoms with Crippen molar-refractivity contribution in [1.29, 1.82) is 0 Å². The second kappa shape index (κ2) is 4.30. The Morgan fingerprint density at radius 2 is 1.71 bits per heavy atom. The van der Waals surface area contributed by atoms with E-state index in [2.05, 4.69) is 10.2 Å². The molecule has 0 amide bonds. The molecule has 1 aromatic rings. The SMILES string of the molecule is NC1(c2cc(Cl)nnc2Cl)CCC(F)(F)CC1. The molecule has 0 saturated heterocycles. The molecule has 1 fully saturated rings. The Balaban J connectivity index is 2.30. The van der Waals surface area contributed by atoms with Gasteiger partial charge in [0.15, 0.2) is 10.3 Å². The lowest BCUT2D eigenvalue weighted by Gasteiger charge is -2.37. The van der Waals surface area contributed by atoms with Crippen LogP contribution >= 0.6 is 23.2 Å². The first-order valence-corrected chi connectivity index (χ1v) is 5.94. The van der Waals surface area contributed by atoms with E-state index < -0.39 is 11.5 Å². The lowest BCUT2D eigenvalue weighted by molar-refractivity contribution is -0.0514. The van der Waals surface area contributed by atoms with Gasteiger partial charge in [0.1, 0.15) is 0 Å². The number of nitrogens with two attached hydrogens (primary N) is 1. The first-order chi connectivity index (χ1) is 7.82. The zero-order chi connectivity index (χ0) is 12.7. The summed E-state index contributed by atoms with van der Waals surface area (Å²) in [4.78, 5) is 0. The Bertz CT molecular complexity index is 430. The van der Waals surface area contributed by atoms with E-state index in [4.69, 9.17) is 28.9 Å². The van der Waals surface area contributed by atoms with Crippen LogP contribution in [0.4, 0.5) is 8.78 Å². The van der Waals surface area contributed by atoms with Gasteiger partial charge in [-0.2, -0.15) is 0 Å². The third-order valence-electron chi connectivity index (χ3n) is 3.13. The van der Waals surface area contributed by atoms with Crippen molar-refractivity contribution in [3.63, 3.8) is 0 Å². The van der Waals surface area contributed by atoms with Crippen molar-refractivity contribution >= 4 is 23.2 Å². The third-order valence-corrected chi connectivity index (χ3v) is 3.59. The van der Waals surface area contributed by atoms with Crippen LogP contribution in [0.5, 0.6) is 0 Å². The van der Waals surface area contributed by atoms with E-state index in [0.717, 1.165) is 0 Å². The Morgan fingerprint density at radius 3 is 2.29 bits per heavy atom.